The second-order valence-electron chi connectivity index (χ2n) is 6.43. The molecule has 0 N–H and O–H groups in total. The highest BCUT2D eigenvalue weighted by atomic mass is 35.5. The van der Waals surface area contributed by atoms with Gasteiger partial charge in [0.25, 0.3) is 0 Å². The van der Waals surface area contributed by atoms with Gasteiger partial charge in [0.15, 0.2) is 5.78 Å². The summed E-state index contributed by atoms with van der Waals surface area (Å²) in [6.07, 6.45) is 1.27. The average Bonchev–Trinajstić information content (AvgIpc) is 2.64. The topological polar surface area (TPSA) is 31.2 Å². The molecule has 20 heavy (non-hydrogen) atoms. The highest BCUT2D eigenvalue weighted by Gasteiger charge is 2.50. The molecule has 1 aromatic rings. The number of methoxy groups -OCH3 is 1. The third-order valence-corrected chi connectivity index (χ3v) is 5.03. The van der Waals surface area contributed by atoms with E-state index in [4.69, 9.17) is 16.3 Å². The number of ether oxygens (including phenoxy) is 1. The van der Waals surface area contributed by atoms with Crippen molar-refractivity contribution in [3.63, 3.8) is 0 Å². The number of nitrogens with zero attached hydrogens (tertiary/aromatic N) is 1. The Labute approximate surface area is 126 Å². The van der Waals surface area contributed by atoms with E-state index < -0.39 is 5.38 Å². The summed E-state index contributed by atoms with van der Waals surface area (Å²) < 4.78 is 7.80. The number of Topliss-reactive ketones (excluding diaryl/α,β-unsaturated/α-hetero) is 1. The van der Waals surface area contributed by atoms with Crippen molar-refractivity contribution in [2.24, 2.45) is 5.41 Å². The quantitative estimate of drug-likeness (QED) is 0.623. The van der Waals surface area contributed by atoms with Gasteiger partial charge in [-0.1, -0.05) is 13.8 Å². The van der Waals surface area contributed by atoms with Crippen LogP contribution in [0.4, 0.5) is 0 Å². The monoisotopic (exact) mass is 297 g/mol. The van der Waals surface area contributed by atoms with E-state index in [-0.39, 0.29) is 17.3 Å². The molecule has 4 heteroatoms. The summed E-state index contributed by atoms with van der Waals surface area (Å²) in [5.74, 6) is 0.00596. The van der Waals surface area contributed by atoms with Gasteiger partial charge in [-0.3, -0.25) is 4.79 Å². The SMILES string of the molecule is COC1CC(n2c(C)cc(C(=O)C(C)Cl)c2C)C1(C)C. The molecule has 0 aromatic carbocycles. The van der Waals surface area contributed by atoms with Crippen molar-refractivity contribution in [1.29, 1.82) is 0 Å². The van der Waals surface area contributed by atoms with Crippen LogP contribution in [-0.2, 0) is 4.74 Å². The van der Waals surface area contributed by atoms with Gasteiger partial charge in [0.1, 0.15) is 0 Å². The number of carbonyl (C=O) groups is 1. The second kappa shape index (κ2) is 5.19. The molecule has 0 spiro atoms. The van der Waals surface area contributed by atoms with E-state index in [2.05, 4.69) is 25.3 Å². The van der Waals surface area contributed by atoms with Crippen LogP contribution in [0, 0.1) is 19.3 Å². The van der Waals surface area contributed by atoms with Crippen LogP contribution in [0.15, 0.2) is 6.07 Å². The first-order chi connectivity index (χ1) is 9.21. The number of carbonyl (C=O) groups excluding carboxylic acids is 1. The number of ketones is 1. The zero-order valence-electron chi connectivity index (χ0n) is 13.2. The lowest BCUT2D eigenvalue weighted by Gasteiger charge is -2.52. The Balaban J connectivity index is 2.38. The van der Waals surface area contributed by atoms with E-state index in [9.17, 15) is 4.79 Å². The molecule has 3 atom stereocenters. The number of rotatable bonds is 4. The molecule has 1 fully saturated rings. The van der Waals surface area contributed by atoms with Crippen molar-refractivity contribution in [3.8, 4) is 0 Å². The standard InChI is InChI=1S/C16H24ClNO2/c1-9-7-12(15(19)10(2)17)11(3)18(9)13-8-14(20-6)16(13,4)5/h7,10,13-14H,8H2,1-6H3. The molecule has 1 heterocycles. The summed E-state index contributed by atoms with van der Waals surface area (Å²) in [6, 6.07) is 2.34. The van der Waals surface area contributed by atoms with Crippen LogP contribution in [0.5, 0.6) is 0 Å². The largest absolute Gasteiger partial charge is 0.381 e. The minimum atomic E-state index is -0.481. The van der Waals surface area contributed by atoms with Crippen LogP contribution in [0.1, 0.15) is 55.0 Å². The molecule has 2 rings (SSSR count). The predicted molar refractivity (Wildman–Crippen MR) is 81.8 cm³/mol. The first-order valence-corrected chi connectivity index (χ1v) is 7.55. The molecule has 1 aromatic heterocycles. The molecule has 3 nitrogen and oxygen atoms in total. The molecule has 0 amide bonds. The lowest BCUT2D eigenvalue weighted by Crippen LogP contribution is -2.51. The third kappa shape index (κ3) is 2.21. The molecule has 1 aliphatic carbocycles. The highest BCUT2D eigenvalue weighted by Crippen LogP contribution is 2.52. The average molecular weight is 298 g/mol. The number of aryl methyl sites for hydroxylation is 1. The lowest BCUT2D eigenvalue weighted by molar-refractivity contribution is -0.113. The Morgan fingerprint density at radius 2 is 2.10 bits per heavy atom. The fourth-order valence-electron chi connectivity index (χ4n) is 3.42. The Morgan fingerprint density at radius 1 is 1.50 bits per heavy atom. The number of hydrogen-bond acceptors (Lipinski definition) is 2. The zero-order valence-corrected chi connectivity index (χ0v) is 13.9. The fraction of sp³-hybridized carbons (Fsp3) is 0.688. The van der Waals surface area contributed by atoms with Crippen LogP contribution >= 0.6 is 11.6 Å². The van der Waals surface area contributed by atoms with Crippen molar-refractivity contribution in [2.45, 2.75) is 58.6 Å². The molecule has 1 saturated carbocycles. The molecular weight excluding hydrogens is 274 g/mol. The molecule has 112 valence electrons. The molecule has 0 aliphatic heterocycles. The number of halogens is 1. The number of alkyl halides is 1. The molecule has 0 saturated heterocycles. The maximum Gasteiger partial charge on any atom is 0.182 e. The van der Waals surface area contributed by atoms with E-state index in [0.29, 0.717) is 6.04 Å². The predicted octanol–water partition coefficient (Wildman–Crippen LogP) is 3.90. The summed E-state index contributed by atoms with van der Waals surface area (Å²) in [5.41, 5.74) is 2.97. The number of aromatic nitrogens is 1. The van der Waals surface area contributed by atoms with Gasteiger partial charge in [-0.2, -0.15) is 0 Å². The van der Waals surface area contributed by atoms with Gasteiger partial charge in [0.2, 0.25) is 0 Å². The summed E-state index contributed by atoms with van der Waals surface area (Å²) >= 11 is 5.95. The molecule has 0 bridgehead atoms. The van der Waals surface area contributed by atoms with Gasteiger partial charge in [0.05, 0.1) is 11.5 Å². The van der Waals surface area contributed by atoms with Gasteiger partial charge in [-0.15, -0.1) is 11.6 Å². The summed E-state index contributed by atoms with van der Waals surface area (Å²) in [5, 5.41) is -0.481. The van der Waals surface area contributed by atoms with E-state index in [1.54, 1.807) is 14.0 Å². The van der Waals surface area contributed by atoms with E-state index in [0.717, 1.165) is 23.4 Å². The van der Waals surface area contributed by atoms with Crippen molar-refractivity contribution in [2.75, 3.05) is 7.11 Å². The Kier molecular flexibility index (Phi) is 4.05. The van der Waals surface area contributed by atoms with Crippen LogP contribution in [0.25, 0.3) is 0 Å². The lowest BCUT2D eigenvalue weighted by atomic mass is 9.64. The summed E-state index contributed by atoms with van der Waals surface area (Å²) in [7, 11) is 1.77. The summed E-state index contributed by atoms with van der Waals surface area (Å²) in [4.78, 5) is 12.2. The third-order valence-electron chi connectivity index (χ3n) is 4.83. The maximum atomic E-state index is 12.2. The first-order valence-electron chi connectivity index (χ1n) is 7.11. The van der Waals surface area contributed by atoms with Gasteiger partial charge >= 0.3 is 0 Å². The Bertz CT molecular complexity index is 531. The molecular formula is C16H24ClNO2. The minimum Gasteiger partial charge on any atom is -0.381 e. The van der Waals surface area contributed by atoms with Crippen molar-refractivity contribution >= 4 is 17.4 Å². The van der Waals surface area contributed by atoms with Gasteiger partial charge in [0, 0.05) is 35.5 Å². The zero-order chi connectivity index (χ0) is 15.2. The smallest absolute Gasteiger partial charge is 0.182 e. The second-order valence-corrected chi connectivity index (χ2v) is 7.09. The van der Waals surface area contributed by atoms with Crippen LogP contribution in [0.3, 0.4) is 0 Å². The van der Waals surface area contributed by atoms with Gasteiger partial charge in [-0.25, -0.2) is 0 Å². The van der Waals surface area contributed by atoms with Crippen molar-refractivity contribution in [3.05, 3.63) is 23.0 Å². The molecule has 0 radical (unpaired) electrons. The Morgan fingerprint density at radius 3 is 2.55 bits per heavy atom. The first kappa shape index (κ1) is 15.6. The fourth-order valence-corrected chi connectivity index (χ4v) is 3.54. The van der Waals surface area contributed by atoms with E-state index in [1.807, 2.05) is 13.0 Å². The van der Waals surface area contributed by atoms with Crippen LogP contribution in [-0.4, -0.2) is 28.9 Å². The number of hydrogen-bond donors (Lipinski definition) is 0. The van der Waals surface area contributed by atoms with E-state index in [1.165, 1.54) is 0 Å². The van der Waals surface area contributed by atoms with Crippen molar-refractivity contribution in [1.82, 2.24) is 4.57 Å². The Hall–Kier alpha value is -0.800. The van der Waals surface area contributed by atoms with Crippen LogP contribution in [0.2, 0.25) is 0 Å². The van der Waals surface area contributed by atoms with E-state index >= 15 is 0 Å². The summed E-state index contributed by atoms with van der Waals surface area (Å²) in [6.45, 7) is 10.2. The van der Waals surface area contributed by atoms with Crippen molar-refractivity contribution < 1.29 is 9.53 Å². The van der Waals surface area contributed by atoms with Crippen LogP contribution < -0.4 is 0 Å². The minimum absolute atomic E-state index is 0.00596. The maximum absolute atomic E-state index is 12.2. The normalized spacial score (nSPS) is 26.1. The van der Waals surface area contributed by atoms with Gasteiger partial charge in [-0.05, 0) is 33.3 Å². The van der Waals surface area contributed by atoms with Gasteiger partial charge < -0.3 is 9.30 Å². The molecule has 1 aliphatic rings. The highest BCUT2D eigenvalue weighted by molar-refractivity contribution is 6.33. The molecule has 3 unspecified atom stereocenters.